The molecule has 1 aliphatic heterocycles. The van der Waals surface area contributed by atoms with E-state index in [1.165, 1.54) is 6.20 Å². The fourth-order valence-electron chi connectivity index (χ4n) is 1.75. The third kappa shape index (κ3) is 2.01. The second-order valence-electron chi connectivity index (χ2n) is 4.48. The molecule has 3 amide bonds. The molecule has 1 aromatic rings. The minimum atomic E-state index is -0.883. The number of nitrogens with zero attached hydrogens (tertiary/aromatic N) is 2. The molecule has 6 nitrogen and oxygen atoms in total. The first-order valence-electron chi connectivity index (χ1n) is 5.71. The Balaban J connectivity index is 2.34. The molecule has 1 saturated heterocycles. The largest absolute Gasteiger partial charge is 0.478 e. The SMILES string of the molecule is CCOc1cc(N2C(=O)NC(C)(C)C2=O)ccn1. The summed E-state index contributed by atoms with van der Waals surface area (Å²) in [5.41, 5.74) is -0.423. The highest BCUT2D eigenvalue weighted by Crippen LogP contribution is 2.26. The monoisotopic (exact) mass is 249 g/mol. The van der Waals surface area contributed by atoms with Crippen LogP contribution >= 0.6 is 0 Å². The van der Waals surface area contributed by atoms with Crippen molar-refractivity contribution in [3.63, 3.8) is 0 Å². The third-order valence-electron chi connectivity index (χ3n) is 2.63. The number of anilines is 1. The zero-order valence-corrected chi connectivity index (χ0v) is 10.6. The first-order chi connectivity index (χ1) is 8.45. The highest BCUT2D eigenvalue weighted by molar-refractivity contribution is 6.23. The number of imide groups is 1. The van der Waals surface area contributed by atoms with Gasteiger partial charge in [0.1, 0.15) is 5.54 Å². The van der Waals surface area contributed by atoms with Crippen molar-refractivity contribution in [1.82, 2.24) is 10.3 Å². The first kappa shape index (κ1) is 12.3. The van der Waals surface area contributed by atoms with E-state index in [0.717, 1.165) is 4.90 Å². The molecule has 0 radical (unpaired) electrons. The second-order valence-corrected chi connectivity index (χ2v) is 4.48. The molecule has 18 heavy (non-hydrogen) atoms. The van der Waals surface area contributed by atoms with Crippen molar-refractivity contribution in [2.45, 2.75) is 26.3 Å². The van der Waals surface area contributed by atoms with Crippen LogP contribution in [0.1, 0.15) is 20.8 Å². The Kier molecular flexibility index (Phi) is 2.94. The Morgan fingerprint density at radius 2 is 2.17 bits per heavy atom. The molecule has 1 fully saturated rings. The summed E-state index contributed by atoms with van der Waals surface area (Å²) >= 11 is 0. The van der Waals surface area contributed by atoms with Gasteiger partial charge in [0.2, 0.25) is 5.88 Å². The topological polar surface area (TPSA) is 71.5 Å². The van der Waals surface area contributed by atoms with Crippen LogP contribution in [0.5, 0.6) is 5.88 Å². The number of rotatable bonds is 3. The molecular formula is C12H15N3O3. The molecule has 0 atom stereocenters. The summed E-state index contributed by atoms with van der Waals surface area (Å²) in [5, 5.41) is 2.62. The quantitative estimate of drug-likeness (QED) is 0.820. The van der Waals surface area contributed by atoms with Gasteiger partial charge in [-0.2, -0.15) is 0 Å². The normalized spacial score (nSPS) is 17.8. The number of ether oxygens (including phenoxy) is 1. The van der Waals surface area contributed by atoms with Gasteiger partial charge in [-0.1, -0.05) is 0 Å². The van der Waals surface area contributed by atoms with Crippen LogP contribution in [-0.4, -0.2) is 29.1 Å². The van der Waals surface area contributed by atoms with Crippen LogP contribution in [-0.2, 0) is 4.79 Å². The predicted molar refractivity (Wildman–Crippen MR) is 65.5 cm³/mol. The van der Waals surface area contributed by atoms with Gasteiger partial charge in [-0.3, -0.25) is 4.79 Å². The average molecular weight is 249 g/mol. The first-order valence-corrected chi connectivity index (χ1v) is 5.71. The van der Waals surface area contributed by atoms with Gasteiger partial charge in [-0.25, -0.2) is 14.7 Å². The molecule has 0 aliphatic carbocycles. The van der Waals surface area contributed by atoms with E-state index in [-0.39, 0.29) is 5.91 Å². The van der Waals surface area contributed by atoms with E-state index < -0.39 is 11.6 Å². The van der Waals surface area contributed by atoms with Gasteiger partial charge in [0, 0.05) is 12.3 Å². The van der Waals surface area contributed by atoms with E-state index in [1.807, 2.05) is 6.92 Å². The fraction of sp³-hybridized carbons (Fsp3) is 0.417. The molecule has 1 aliphatic rings. The lowest BCUT2D eigenvalue weighted by Crippen LogP contribution is -2.40. The molecule has 0 saturated carbocycles. The van der Waals surface area contributed by atoms with Crippen LogP contribution < -0.4 is 15.0 Å². The van der Waals surface area contributed by atoms with Crippen molar-refractivity contribution in [3.05, 3.63) is 18.3 Å². The minimum Gasteiger partial charge on any atom is -0.478 e. The Bertz CT molecular complexity index is 499. The number of carbonyl (C=O) groups excluding carboxylic acids is 2. The molecule has 0 bridgehead atoms. The van der Waals surface area contributed by atoms with Crippen LogP contribution in [0, 0.1) is 0 Å². The van der Waals surface area contributed by atoms with Crippen molar-refractivity contribution >= 4 is 17.6 Å². The zero-order chi connectivity index (χ0) is 13.3. The lowest BCUT2D eigenvalue weighted by molar-refractivity contribution is -0.120. The molecule has 0 spiro atoms. The molecule has 2 rings (SSSR count). The zero-order valence-electron chi connectivity index (χ0n) is 10.6. The van der Waals surface area contributed by atoms with Crippen molar-refractivity contribution in [2.75, 3.05) is 11.5 Å². The van der Waals surface area contributed by atoms with E-state index in [2.05, 4.69) is 10.3 Å². The van der Waals surface area contributed by atoms with E-state index in [0.29, 0.717) is 18.2 Å². The van der Waals surface area contributed by atoms with Gasteiger partial charge < -0.3 is 10.1 Å². The minimum absolute atomic E-state index is 0.291. The number of aromatic nitrogens is 1. The Morgan fingerprint density at radius 3 is 2.72 bits per heavy atom. The maximum atomic E-state index is 12.1. The van der Waals surface area contributed by atoms with Gasteiger partial charge in [-0.05, 0) is 26.8 Å². The van der Waals surface area contributed by atoms with E-state index in [9.17, 15) is 9.59 Å². The Labute approximate surface area is 105 Å². The number of hydrogen-bond donors (Lipinski definition) is 1. The standard InChI is InChI=1S/C12H15N3O3/c1-4-18-9-7-8(5-6-13-9)15-10(16)12(2,3)14-11(15)17/h5-7H,4H2,1-3H3,(H,14,17). The van der Waals surface area contributed by atoms with Crippen LogP contribution in [0.2, 0.25) is 0 Å². The van der Waals surface area contributed by atoms with Crippen molar-refractivity contribution in [3.8, 4) is 5.88 Å². The summed E-state index contributed by atoms with van der Waals surface area (Å²) in [6, 6.07) is 2.74. The number of urea groups is 1. The third-order valence-corrected chi connectivity index (χ3v) is 2.63. The fourth-order valence-corrected chi connectivity index (χ4v) is 1.75. The van der Waals surface area contributed by atoms with Crippen LogP contribution in [0.15, 0.2) is 18.3 Å². The van der Waals surface area contributed by atoms with Crippen molar-refractivity contribution < 1.29 is 14.3 Å². The highest BCUT2D eigenvalue weighted by atomic mass is 16.5. The van der Waals surface area contributed by atoms with Crippen LogP contribution in [0.25, 0.3) is 0 Å². The number of amides is 3. The van der Waals surface area contributed by atoms with E-state index >= 15 is 0 Å². The highest BCUT2D eigenvalue weighted by Gasteiger charge is 2.45. The van der Waals surface area contributed by atoms with Gasteiger partial charge in [0.25, 0.3) is 5.91 Å². The van der Waals surface area contributed by atoms with Gasteiger partial charge in [0.15, 0.2) is 0 Å². The lowest BCUT2D eigenvalue weighted by Gasteiger charge is -2.16. The Hall–Kier alpha value is -2.11. The molecule has 96 valence electrons. The summed E-state index contributed by atoms with van der Waals surface area (Å²) in [5.74, 6) is 0.0986. The molecule has 0 unspecified atom stereocenters. The molecular weight excluding hydrogens is 234 g/mol. The van der Waals surface area contributed by atoms with Gasteiger partial charge in [-0.15, -0.1) is 0 Å². The summed E-state index contributed by atoms with van der Waals surface area (Å²) in [4.78, 5) is 29.0. The number of pyridine rings is 1. The van der Waals surface area contributed by atoms with Crippen molar-refractivity contribution in [2.24, 2.45) is 0 Å². The summed E-state index contributed by atoms with van der Waals surface area (Å²) in [7, 11) is 0. The maximum absolute atomic E-state index is 12.1. The summed E-state index contributed by atoms with van der Waals surface area (Å²) < 4.78 is 5.25. The average Bonchev–Trinajstić information content (AvgIpc) is 2.49. The smallest absolute Gasteiger partial charge is 0.329 e. The number of carbonyl (C=O) groups is 2. The lowest BCUT2D eigenvalue weighted by atomic mass is 10.1. The van der Waals surface area contributed by atoms with E-state index in [4.69, 9.17) is 4.74 Å². The van der Waals surface area contributed by atoms with Gasteiger partial charge in [0.05, 0.1) is 12.3 Å². The number of hydrogen-bond acceptors (Lipinski definition) is 4. The molecule has 2 heterocycles. The molecule has 1 aromatic heterocycles. The predicted octanol–water partition coefficient (Wildman–Crippen LogP) is 1.32. The van der Waals surface area contributed by atoms with Crippen molar-refractivity contribution in [1.29, 1.82) is 0 Å². The molecule has 6 heteroatoms. The summed E-state index contributed by atoms with van der Waals surface area (Å²) in [6.45, 7) is 5.64. The van der Waals surface area contributed by atoms with Crippen LogP contribution in [0.4, 0.5) is 10.5 Å². The maximum Gasteiger partial charge on any atom is 0.329 e. The summed E-state index contributed by atoms with van der Waals surface area (Å²) in [6.07, 6.45) is 1.51. The van der Waals surface area contributed by atoms with Crippen LogP contribution in [0.3, 0.4) is 0 Å². The second kappa shape index (κ2) is 4.29. The Morgan fingerprint density at radius 1 is 1.44 bits per heavy atom. The van der Waals surface area contributed by atoms with E-state index in [1.54, 1.807) is 26.0 Å². The van der Waals surface area contributed by atoms with Gasteiger partial charge >= 0.3 is 6.03 Å². The number of nitrogens with one attached hydrogen (secondary N) is 1. The molecule has 0 aromatic carbocycles. The molecule has 1 N–H and O–H groups in total.